The summed E-state index contributed by atoms with van der Waals surface area (Å²) in [4.78, 5) is 0. The van der Waals surface area contributed by atoms with Gasteiger partial charge in [0.15, 0.2) is 0 Å². The summed E-state index contributed by atoms with van der Waals surface area (Å²) in [6, 6.07) is 7.43. The summed E-state index contributed by atoms with van der Waals surface area (Å²) in [5.74, 6) is 0.832. The zero-order valence-corrected chi connectivity index (χ0v) is 10.4. The van der Waals surface area contributed by atoms with Gasteiger partial charge in [-0.25, -0.2) is 0 Å². The van der Waals surface area contributed by atoms with Gasteiger partial charge in [-0.1, -0.05) is 11.3 Å². The molecule has 0 fully saturated rings. The van der Waals surface area contributed by atoms with Crippen LogP contribution in [0.2, 0.25) is 0 Å². The molecule has 0 saturated heterocycles. The SMILES string of the molecule is CCOc1ccc(N=Nc2nnc(C)s2)cc1. The van der Waals surface area contributed by atoms with Crippen molar-refractivity contribution >= 4 is 22.2 Å². The summed E-state index contributed by atoms with van der Waals surface area (Å²) in [6.07, 6.45) is 0. The van der Waals surface area contributed by atoms with Crippen LogP contribution in [-0.2, 0) is 0 Å². The first-order valence-corrected chi connectivity index (χ1v) is 6.04. The maximum atomic E-state index is 5.33. The number of rotatable bonds is 4. The van der Waals surface area contributed by atoms with Crippen LogP contribution in [0.5, 0.6) is 5.75 Å². The fourth-order valence-electron chi connectivity index (χ4n) is 1.20. The molecule has 0 unspecified atom stereocenters. The third-order valence-electron chi connectivity index (χ3n) is 1.91. The number of benzene rings is 1. The molecular formula is C11H12N4OS. The van der Waals surface area contributed by atoms with E-state index in [1.807, 2.05) is 38.1 Å². The maximum absolute atomic E-state index is 5.33. The average molecular weight is 248 g/mol. The molecule has 0 atom stereocenters. The van der Waals surface area contributed by atoms with Crippen molar-refractivity contribution in [2.24, 2.45) is 10.2 Å². The predicted molar refractivity (Wildman–Crippen MR) is 66.4 cm³/mol. The fourth-order valence-corrected chi connectivity index (χ4v) is 1.71. The Balaban J connectivity index is 2.05. The smallest absolute Gasteiger partial charge is 0.251 e. The molecule has 2 rings (SSSR count). The van der Waals surface area contributed by atoms with Gasteiger partial charge in [-0.15, -0.1) is 20.4 Å². The number of aromatic nitrogens is 2. The lowest BCUT2D eigenvalue weighted by atomic mass is 10.3. The van der Waals surface area contributed by atoms with Gasteiger partial charge in [0.1, 0.15) is 10.8 Å². The molecular weight excluding hydrogens is 236 g/mol. The molecule has 0 aliphatic heterocycles. The second-order valence-corrected chi connectivity index (χ2v) is 4.39. The number of hydrogen-bond donors (Lipinski definition) is 0. The second kappa shape index (κ2) is 5.49. The Kier molecular flexibility index (Phi) is 3.77. The molecule has 2 aromatic rings. The third kappa shape index (κ3) is 3.32. The van der Waals surface area contributed by atoms with E-state index < -0.39 is 0 Å². The van der Waals surface area contributed by atoms with E-state index in [4.69, 9.17) is 4.74 Å². The van der Waals surface area contributed by atoms with Crippen LogP contribution in [0.25, 0.3) is 0 Å². The van der Waals surface area contributed by atoms with Crippen molar-refractivity contribution in [1.29, 1.82) is 0 Å². The zero-order valence-electron chi connectivity index (χ0n) is 9.62. The topological polar surface area (TPSA) is 59.7 Å². The molecule has 5 nitrogen and oxygen atoms in total. The first-order chi connectivity index (χ1) is 8.28. The first kappa shape index (κ1) is 11.7. The molecule has 17 heavy (non-hydrogen) atoms. The van der Waals surface area contributed by atoms with Crippen LogP contribution in [0.1, 0.15) is 11.9 Å². The number of hydrogen-bond acceptors (Lipinski definition) is 6. The molecule has 1 heterocycles. The summed E-state index contributed by atoms with van der Waals surface area (Å²) in [5, 5.41) is 17.2. The lowest BCUT2D eigenvalue weighted by molar-refractivity contribution is 0.340. The lowest BCUT2D eigenvalue weighted by Crippen LogP contribution is -1.89. The Morgan fingerprint density at radius 1 is 1.18 bits per heavy atom. The van der Waals surface area contributed by atoms with Gasteiger partial charge in [0, 0.05) is 0 Å². The normalized spacial score (nSPS) is 10.9. The minimum Gasteiger partial charge on any atom is -0.494 e. The Labute approximate surface area is 103 Å². The number of ether oxygens (including phenoxy) is 1. The molecule has 0 radical (unpaired) electrons. The van der Waals surface area contributed by atoms with Gasteiger partial charge in [0.25, 0.3) is 5.13 Å². The monoisotopic (exact) mass is 248 g/mol. The highest BCUT2D eigenvalue weighted by Gasteiger charge is 1.97. The lowest BCUT2D eigenvalue weighted by Gasteiger charge is -2.01. The largest absolute Gasteiger partial charge is 0.494 e. The summed E-state index contributed by atoms with van der Waals surface area (Å²) < 4.78 is 5.33. The van der Waals surface area contributed by atoms with Crippen LogP contribution in [-0.4, -0.2) is 16.8 Å². The van der Waals surface area contributed by atoms with Gasteiger partial charge in [-0.05, 0) is 38.1 Å². The van der Waals surface area contributed by atoms with E-state index in [0.29, 0.717) is 11.7 Å². The quantitative estimate of drug-likeness (QED) is 0.776. The van der Waals surface area contributed by atoms with E-state index in [0.717, 1.165) is 16.4 Å². The van der Waals surface area contributed by atoms with Gasteiger partial charge in [0.2, 0.25) is 0 Å². The molecule has 6 heteroatoms. The molecule has 0 N–H and O–H groups in total. The Morgan fingerprint density at radius 3 is 2.53 bits per heavy atom. The Bertz CT molecular complexity index is 506. The predicted octanol–water partition coefficient (Wildman–Crippen LogP) is 3.66. The molecule has 0 aliphatic carbocycles. The van der Waals surface area contributed by atoms with Crippen molar-refractivity contribution in [3.05, 3.63) is 29.3 Å². The van der Waals surface area contributed by atoms with Crippen molar-refractivity contribution in [1.82, 2.24) is 10.2 Å². The average Bonchev–Trinajstić information content (AvgIpc) is 2.75. The third-order valence-corrected chi connectivity index (χ3v) is 2.64. The molecule has 0 amide bonds. The number of aryl methyl sites for hydroxylation is 1. The van der Waals surface area contributed by atoms with Crippen LogP contribution < -0.4 is 4.74 Å². The Morgan fingerprint density at radius 2 is 1.94 bits per heavy atom. The van der Waals surface area contributed by atoms with Crippen molar-refractivity contribution in [2.45, 2.75) is 13.8 Å². The number of nitrogens with zero attached hydrogens (tertiary/aromatic N) is 4. The minimum atomic E-state index is 0.566. The van der Waals surface area contributed by atoms with E-state index in [1.54, 1.807) is 0 Å². The molecule has 88 valence electrons. The van der Waals surface area contributed by atoms with E-state index in [9.17, 15) is 0 Å². The van der Waals surface area contributed by atoms with E-state index in [2.05, 4.69) is 20.4 Å². The van der Waals surface area contributed by atoms with Gasteiger partial charge < -0.3 is 4.74 Å². The van der Waals surface area contributed by atoms with Crippen LogP contribution in [0.3, 0.4) is 0 Å². The van der Waals surface area contributed by atoms with Gasteiger partial charge in [0.05, 0.1) is 12.3 Å². The number of azo groups is 1. The van der Waals surface area contributed by atoms with Crippen LogP contribution in [0.4, 0.5) is 10.8 Å². The van der Waals surface area contributed by atoms with Crippen molar-refractivity contribution in [3.8, 4) is 5.75 Å². The van der Waals surface area contributed by atoms with Crippen LogP contribution in [0, 0.1) is 6.92 Å². The molecule has 0 spiro atoms. The highest BCUT2D eigenvalue weighted by Crippen LogP contribution is 2.23. The second-order valence-electron chi connectivity index (χ2n) is 3.23. The highest BCUT2D eigenvalue weighted by atomic mass is 32.1. The summed E-state index contributed by atoms with van der Waals surface area (Å²) in [5.41, 5.74) is 0.765. The van der Waals surface area contributed by atoms with Gasteiger partial charge in [-0.2, -0.15) is 0 Å². The molecule has 1 aromatic heterocycles. The maximum Gasteiger partial charge on any atom is 0.251 e. The van der Waals surface area contributed by atoms with Crippen molar-refractivity contribution in [3.63, 3.8) is 0 Å². The van der Waals surface area contributed by atoms with Crippen LogP contribution >= 0.6 is 11.3 Å². The van der Waals surface area contributed by atoms with E-state index >= 15 is 0 Å². The molecule has 0 aliphatic rings. The molecule has 0 saturated carbocycles. The fraction of sp³-hybridized carbons (Fsp3) is 0.273. The van der Waals surface area contributed by atoms with Gasteiger partial charge in [-0.3, -0.25) is 0 Å². The summed E-state index contributed by atoms with van der Waals surface area (Å²) in [7, 11) is 0. The zero-order chi connectivity index (χ0) is 12.1. The molecule has 1 aromatic carbocycles. The summed E-state index contributed by atoms with van der Waals surface area (Å²) >= 11 is 1.41. The van der Waals surface area contributed by atoms with Crippen molar-refractivity contribution in [2.75, 3.05) is 6.61 Å². The van der Waals surface area contributed by atoms with Crippen molar-refractivity contribution < 1.29 is 4.74 Å². The van der Waals surface area contributed by atoms with Crippen LogP contribution in [0.15, 0.2) is 34.5 Å². The minimum absolute atomic E-state index is 0.566. The van der Waals surface area contributed by atoms with E-state index in [1.165, 1.54) is 11.3 Å². The molecule has 0 bridgehead atoms. The Hall–Kier alpha value is -1.82. The van der Waals surface area contributed by atoms with E-state index in [-0.39, 0.29) is 0 Å². The van der Waals surface area contributed by atoms with Gasteiger partial charge >= 0.3 is 0 Å². The summed E-state index contributed by atoms with van der Waals surface area (Å²) in [6.45, 7) is 4.49. The first-order valence-electron chi connectivity index (χ1n) is 5.22. The standard InChI is InChI=1S/C11H12N4OS/c1-3-16-10-6-4-9(5-7-10)13-15-11-14-12-8(2)17-11/h4-7H,3H2,1-2H3. The highest BCUT2D eigenvalue weighted by molar-refractivity contribution is 7.14.